The third-order valence-corrected chi connectivity index (χ3v) is 7.89. The Morgan fingerprint density at radius 1 is 1.04 bits per heavy atom. The molecule has 3 saturated carbocycles. The molecule has 0 aromatic heterocycles. The van der Waals surface area contributed by atoms with Gasteiger partial charge in [0, 0.05) is 18.9 Å². The van der Waals surface area contributed by atoms with Gasteiger partial charge in [-0.25, -0.2) is 0 Å². The standard InChI is InChI=1S/C20H34O4.C2H6/c1-18-7-2-8-20(23-11-12-24-20)17(18)6-4-15(18)3-5-16(22)13-19(14-21)9-10-19;1-2/h15-17,21-22H,2-14H2,1H3;1-2H3. The summed E-state index contributed by atoms with van der Waals surface area (Å²) in [6.45, 7) is 8.19. The van der Waals surface area contributed by atoms with Gasteiger partial charge in [-0.05, 0) is 74.5 Å². The fourth-order valence-corrected chi connectivity index (χ4v) is 6.19. The van der Waals surface area contributed by atoms with Crippen molar-refractivity contribution in [1.82, 2.24) is 0 Å². The van der Waals surface area contributed by atoms with Crippen LogP contribution in [-0.2, 0) is 9.47 Å². The van der Waals surface area contributed by atoms with Gasteiger partial charge in [0.05, 0.1) is 19.3 Å². The summed E-state index contributed by atoms with van der Waals surface area (Å²) >= 11 is 0. The van der Waals surface area contributed by atoms with E-state index in [1.54, 1.807) is 0 Å². The van der Waals surface area contributed by atoms with Gasteiger partial charge in [0.1, 0.15) is 0 Å². The molecule has 4 aliphatic rings. The molecule has 4 nitrogen and oxygen atoms in total. The van der Waals surface area contributed by atoms with Gasteiger partial charge < -0.3 is 19.7 Å². The van der Waals surface area contributed by atoms with E-state index in [4.69, 9.17) is 9.47 Å². The van der Waals surface area contributed by atoms with E-state index >= 15 is 0 Å². The average molecular weight is 369 g/mol. The lowest BCUT2D eigenvalue weighted by Crippen LogP contribution is -2.50. The largest absolute Gasteiger partial charge is 0.396 e. The number of hydrogen-bond acceptors (Lipinski definition) is 4. The second-order valence-corrected chi connectivity index (χ2v) is 9.29. The Balaban J connectivity index is 0.000000948. The Hall–Kier alpha value is -0.160. The molecule has 152 valence electrons. The topological polar surface area (TPSA) is 58.9 Å². The molecule has 0 aromatic carbocycles. The first-order chi connectivity index (χ1) is 12.5. The number of aliphatic hydroxyl groups excluding tert-OH is 2. The van der Waals surface area contributed by atoms with Crippen LogP contribution >= 0.6 is 0 Å². The van der Waals surface area contributed by atoms with Gasteiger partial charge in [-0.3, -0.25) is 0 Å². The molecule has 1 aliphatic heterocycles. The van der Waals surface area contributed by atoms with E-state index in [0.717, 1.165) is 51.7 Å². The molecule has 0 aromatic rings. The molecule has 1 spiro atoms. The smallest absolute Gasteiger partial charge is 0.171 e. The molecule has 2 N–H and O–H groups in total. The zero-order valence-corrected chi connectivity index (χ0v) is 17.1. The summed E-state index contributed by atoms with van der Waals surface area (Å²) in [6, 6.07) is 0. The van der Waals surface area contributed by atoms with Crippen molar-refractivity contribution in [3.05, 3.63) is 0 Å². The molecular weight excluding hydrogens is 328 g/mol. The lowest BCUT2D eigenvalue weighted by molar-refractivity contribution is -0.240. The summed E-state index contributed by atoms with van der Waals surface area (Å²) in [5, 5.41) is 19.9. The van der Waals surface area contributed by atoms with Crippen LogP contribution in [0.2, 0.25) is 0 Å². The van der Waals surface area contributed by atoms with Gasteiger partial charge in [-0.1, -0.05) is 20.8 Å². The quantitative estimate of drug-likeness (QED) is 0.735. The number of fused-ring (bicyclic) bond motifs is 2. The molecule has 0 bridgehead atoms. The predicted octanol–water partition coefficient (Wildman–Crippen LogP) is 4.28. The number of hydrogen-bond donors (Lipinski definition) is 2. The molecule has 0 radical (unpaired) electrons. The summed E-state index contributed by atoms with van der Waals surface area (Å²) in [7, 11) is 0. The predicted molar refractivity (Wildman–Crippen MR) is 103 cm³/mol. The summed E-state index contributed by atoms with van der Waals surface area (Å²) in [6.07, 6.45) is 10.7. The molecule has 4 atom stereocenters. The molecule has 4 rings (SSSR count). The Labute approximate surface area is 159 Å². The van der Waals surface area contributed by atoms with Crippen molar-refractivity contribution < 1.29 is 19.7 Å². The normalized spacial score (nSPS) is 37.7. The van der Waals surface area contributed by atoms with Crippen LogP contribution in [0.5, 0.6) is 0 Å². The molecule has 0 amide bonds. The van der Waals surface area contributed by atoms with Gasteiger partial charge in [-0.15, -0.1) is 0 Å². The Kier molecular flexibility index (Phi) is 6.38. The van der Waals surface area contributed by atoms with Crippen molar-refractivity contribution in [3.8, 4) is 0 Å². The van der Waals surface area contributed by atoms with Crippen molar-refractivity contribution >= 4 is 0 Å². The maximum Gasteiger partial charge on any atom is 0.171 e. The molecule has 4 unspecified atom stereocenters. The molecule has 1 saturated heterocycles. The monoisotopic (exact) mass is 368 g/mol. The van der Waals surface area contributed by atoms with E-state index in [9.17, 15) is 10.2 Å². The van der Waals surface area contributed by atoms with Gasteiger partial charge in [0.2, 0.25) is 0 Å². The summed E-state index contributed by atoms with van der Waals surface area (Å²) in [5.74, 6) is 0.900. The van der Waals surface area contributed by atoms with Crippen LogP contribution in [0.1, 0.15) is 85.0 Å². The summed E-state index contributed by atoms with van der Waals surface area (Å²) < 4.78 is 12.2. The van der Waals surface area contributed by atoms with E-state index in [2.05, 4.69) is 6.92 Å². The van der Waals surface area contributed by atoms with E-state index < -0.39 is 0 Å². The van der Waals surface area contributed by atoms with E-state index in [-0.39, 0.29) is 23.9 Å². The van der Waals surface area contributed by atoms with Gasteiger partial charge >= 0.3 is 0 Å². The van der Waals surface area contributed by atoms with E-state index in [1.807, 2.05) is 13.8 Å². The second-order valence-electron chi connectivity index (χ2n) is 9.29. The highest BCUT2D eigenvalue weighted by Gasteiger charge is 2.60. The Morgan fingerprint density at radius 3 is 2.35 bits per heavy atom. The van der Waals surface area contributed by atoms with Crippen molar-refractivity contribution in [2.45, 2.75) is 96.9 Å². The molecular formula is C22H40O4. The molecule has 4 fully saturated rings. The highest BCUT2D eigenvalue weighted by atomic mass is 16.7. The third-order valence-electron chi connectivity index (χ3n) is 7.89. The summed E-state index contributed by atoms with van der Waals surface area (Å²) in [4.78, 5) is 0. The molecule has 1 heterocycles. The highest BCUT2D eigenvalue weighted by Crippen LogP contribution is 2.62. The summed E-state index contributed by atoms with van der Waals surface area (Å²) in [5.41, 5.74) is 0.360. The minimum atomic E-state index is -0.296. The van der Waals surface area contributed by atoms with Gasteiger partial charge in [-0.2, -0.15) is 0 Å². The lowest BCUT2D eigenvalue weighted by Gasteiger charge is -2.49. The van der Waals surface area contributed by atoms with E-state index in [0.29, 0.717) is 17.3 Å². The van der Waals surface area contributed by atoms with Crippen LogP contribution in [-0.4, -0.2) is 41.9 Å². The second kappa shape index (κ2) is 8.06. The number of aliphatic hydroxyl groups is 2. The molecule has 3 aliphatic carbocycles. The number of rotatable bonds is 6. The fraction of sp³-hybridized carbons (Fsp3) is 1.00. The lowest BCUT2D eigenvalue weighted by atomic mass is 9.62. The van der Waals surface area contributed by atoms with Gasteiger partial charge in [0.15, 0.2) is 5.79 Å². The maximum absolute atomic E-state index is 10.4. The first-order valence-electron chi connectivity index (χ1n) is 11.1. The molecule has 26 heavy (non-hydrogen) atoms. The molecule has 4 heteroatoms. The van der Waals surface area contributed by atoms with Gasteiger partial charge in [0.25, 0.3) is 0 Å². The van der Waals surface area contributed by atoms with Crippen molar-refractivity contribution in [1.29, 1.82) is 0 Å². The minimum absolute atomic E-state index is 0.0575. The highest BCUT2D eigenvalue weighted by molar-refractivity contribution is 5.05. The first kappa shape index (κ1) is 20.6. The minimum Gasteiger partial charge on any atom is -0.396 e. The van der Waals surface area contributed by atoms with Crippen molar-refractivity contribution in [2.24, 2.45) is 22.7 Å². The first-order valence-corrected chi connectivity index (χ1v) is 11.1. The van der Waals surface area contributed by atoms with Crippen LogP contribution in [0, 0.1) is 22.7 Å². The fourth-order valence-electron chi connectivity index (χ4n) is 6.19. The van der Waals surface area contributed by atoms with E-state index in [1.165, 1.54) is 25.7 Å². The van der Waals surface area contributed by atoms with Crippen LogP contribution in [0.3, 0.4) is 0 Å². The third kappa shape index (κ3) is 3.72. The SMILES string of the molecule is CC.CC12CCCC3(OCCO3)C1CCC2CCC(O)CC1(CO)CC1. The van der Waals surface area contributed by atoms with Crippen molar-refractivity contribution in [3.63, 3.8) is 0 Å². The maximum atomic E-state index is 10.4. The van der Waals surface area contributed by atoms with Crippen LogP contribution < -0.4 is 0 Å². The van der Waals surface area contributed by atoms with Crippen LogP contribution in [0.4, 0.5) is 0 Å². The van der Waals surface area contributed by atoms with Crippen molar-refractivity contribution in [2.75, 3.05) is 19.8 Å². The van der Waals surface area contributed by atoms with Crippen LogP contribution in [0.25, 0.3) is 0 Å². The Bertz CT molecular complexity index is 455. The zero-order valence-electron chi connectivity index (χ0n) is 17.1. The van der Waals surface area contributed by atoms with Crippen LogP contribution in [0.15, 0.2) is 0 Å². The number of ether oxygens (including phenoxy) is 2. The average Bonchev–Trinajstić information content (AvgIpc) is 3.11. The Morgan fingerprint density at radius 2 is 1.73 bits per heavy atom. The zero-order chi connectivity index (χ0) is 18.8.